The van der Waals surface area contributed by atoms with Crippen molar-refractivity contribution in [3.05, 3.63) is 0 Å². The third kappa shape index (κ3) is 5.07. The molecule has 11 heavy (non-hydrogen) atoms. The van der Waals surface area contributed by atoms with E-state index < -0.39 is 6.09 Å². The van der Waals surface area contributed by atoms with E-state index in [0.29, 0.717) is 6.54 Å². The summed E-state index contributed by atoms with van der Waals surface area (Å²) in [5.74, 6) is 0. The van der Waals surface area contributed by atoms with E-state index in [1.165, 1.54) is 0 Å². The van der Waals surface area contributed by atoms with Crippen LogP contribution in [0.2, 0.25) is 0 Å². The van der Waals surface area contributed by atoms with Gasteiger partial charge >= 0.3 is 6.09 Å². The van der Waals surface area contributed by atoms with Crippen LogP contribution in [-0.4, -0.2) is 22.6 Å². The Bertz CT molecular complexity index is 142. The molecule has 0 saturated carbocycles. The third-order valence-electron chi connectivity index (χ3n) is 1.37. The number of carbonyl (C=O) groups is 1. The first kappa shape index (κ1) is 10.8. The van der Waals surface area contributed by atoms with Crippen LogP contribution < -0.4 is 5.32 Å². The lowest BCUT2D eigenvalue weighted by atomic mass is 9.92. The van der Waals surface area contributed by atoms with Gasteiger partial charge < -0.3 is 10.4 Å². The second-order valence-electron chi connectivity index (χ2n) is 3.52. The summed E-state index contributed by atoms with van der Waals surface area (Å²) in [6, 6.07) is 0. The molecule has 2 N–H and O–H groups in total. The summed E-state index contributed by atoms with van der Waals surface area (Å²) in [7, 11) is 0. The van der Waals surface area contributed by atoms with Gasteiger partial charge in [-0.15, -0.1) is 0 Å². The van der Waals surface area contributed by atoms with E-state index >= 15 is 0 Å². The Kier molecular flexibility index (Phi) is 3.86. The number of amides is 1. The van der Waals surface area contributed by atoms with Crippen molar-refractivity contribution in [1.29, 1.82) is 0 Å². The highest BCUT2D eigenvalue weighted by Gasteiger charge is 2.21. The van der Waals surface area contributed by atoms with Gasteiger partial charge in [0.05, 0.1) is 0 Å². The fourth-order valence-corrected chi connectivity index (χ4v) is 0.645. The summed E-state index contributed by atoms with van der Waals surface area (Å²) in [6.07, 6.45) is -0.973. The van der Waals surface area contributed by atoms with Crippen molar-refractivity contribution in [2.75, 3.05) is 6.54 Å². The number of halogens is 1. The van der Waals surface area contributed by atoms with Crippen LogP contribution in [0.4, 0.5) is 4.79 Å². The number of nitrogens with one attached hydrogen (secondary N) is 1. The van der Waals surface area contributed by atoms with E-state index in [1.54, 1.807) is 0 Å². The van der Waals surface area contributed by atoms with Crippen LogP contribution in [-0.2, 0) is 0 Å². The van der Waals surface area contributed by atoms with E-state index in [9.17, 15) is 4.79 Å². The molecule has 0 aromatic carbocycles. The summed E-state index contributed by atoms with van der Waals surface area (Å²) in [5.41, 5.74) is 0.0858. The van der Waals surface area contributed by atoms with Crippen molar-refractivity contribution in [2.45, 2.75) is 25.6 Å². The van der Waals surface area contributed by atoms with E-state index in [1.807, 2.05) is 0 Å². The molecule has 0 aliphatic heterocycles. The van der Waals surface area contributed by atoms with Crippen molar-refractivity contribution in [3.8, 4) is 0 Å². The Balaban J connectivity index is 3.70. The van der Waals surface area contributed by atoms with Gasteiger partial charge in [-0.3, -0.25) is 0 Å². The molecule has 4 heteroatoms. The topological polar surface area (TPSA) is 49.3 Å². The Labute approximate surface area is 75.3 Å². The zero-order chi connectivity index (χ0) is 9.07. The lowest BCUT2D eigenvalue weighted by Crippen LogP contribution is -2.34. The molecule has 3 nitrogen and oxygen atoms in total. The van der Waals surface area contributed by atoms with Crippen molar-refractivity contribution in [1.82, 2.24) is 5.32 Å². The number of hydrogen-bond donors (Lipinski definition) is 2. The van der Waals surface area contributed by atoms with E-state index in [4.69, 9.17) is 5.11 Å². The normalized spacial score (nSPS) is 14.2. The van der Waals surface area contributed by atoms with Crippen LogP contribution >= 0.6 is 15.9 Å². The molecule has 66 valence electrons. The maximum Gasteiger partial charge on any atom is 0.404 e. The molecular weight excluding hydrogens is 210 g/mol. The van der Waals surface area contributed by atoms with Gasteiger partial charge in [-0.1, -0.05) is 36.7 Å². The molecule has 1 unspecified atom stereocenters. The summed E-state index contributed by atoms with van der Waals surface area (Å²) in [6.45, 7) is 6.60. The molecule has 0 fully saturated rings. The van der Waals surface area contributed by atoms with E-state index in [2.05, 4.69) is 42.0 Å². The fraction of sp³-hybridized carbons (Fsp3) is 0.857. The molecule has 0 aliphatic carbocycles. The first-order valence-electron chi connectivity index (χ1n) is 3.45. The Hall–Kier alpha value is -0.250. The predicted molar refractivity (Wildman–Crippen MR) is 48.2 cm³/mol. The second-order valence-corrected chi connectivity index (χ2v) is 4.62. The number of rotatable bonds is 2. The first-order valence-corrected chi connectivity index (χ1v) is 4.36. The summed E-state index contributed by atoms with van der Waals surface area (Å²) < 4.78 is 0. The average molecular weight is 224 g/mol. The summed E-state index contributed by atoms with van der Waals surface area (Å²) >= 11 is 3.40. The quantitative estimate of drug-likeness (QED) is 0.705. The van der Waals surface area contributed by atoms with Crippen molar-refractivity contribution >= 4 is 22.0 Å². The molecule has 1 atom stereocenters. The summed E-state index contributed by atoms with van der Waals surface area (Å²) in [4.78, 5) is 10.3. The minimum atomic E-state index is -0.973. The van der Waals surface area contributed by atoms with Crippen LogP contribution in [0.5, 0.6) is 0 Å². The molecule has 0 heterocycles. The maximum atomic E-state index is 10.1. The second kappa shape index (κ2) is 3.95. The Morgan fingerprint density at radius 3 is 2.36 bits per heavy atom. The standard InChI is InChI=1S/C7H14BrNO2/c1-7(2,3)5(8)4-9-6(10)11/h5,9H,4H2,1-3H3,(H,10,11). The minimum Gasteiger partial charge on any atom is -0.465 e. The maximum absolute atomic E-state index is 10.1. The fourth-order valence-electron chi connectivity index (χ4n) is 0.483. The van der Waals surface area contributed by atoms with Gasteiger partial charge in [0.1, 0.15) is 0 Å². The molecule has 0 aromatic heterocycles. The third-order valence-corrected chi connectivity index (χ3v) is 3.07. The number of hydrogen-bond acceptors (Lipinski definition) is 1. The van der Waals surface area contributed by atoms with Crippen LogP contribution in [0.25, 0.3) is 0 Å². The van der Waals surface area contributed by atoms with Gasteiger partial charge in [0, 0.05) is 11.4 Å². The molecular formula is C7H14BrNO2. The molecule has 0 saturated heterocycles. The van der Waals surface area contributed by atoms with Gasteiger partial charge in [-0.25, -0.2) is 4.79 Å². The monoisotopic (exact) mass is 223 g/mol. The Morgan fingerprint density at radius 2 is 2.09 bits per heavy atom. The van der Waals surface area contributed by atoms with Gasteiger partial charge in [-0.05, 0) is 5.41 Å². The number of carboxylic acid groups (broad SMARTS) is 1. The predicted octanol–water partition coefficient (Wildman–Crippen LogP) is 2.06. The molecule has 0 rings (SSSR count). The van der Waals surface area contributed by atoms with Crippen molar-refractivity contribution in [2.24, 2.45) is 5.41 Å². The average Bonchev–Trinajstić information content (AvgIpc) is 1.80. The van der Waals surface area contributed by atoms with Crippen LogP contribution in [0.3, 0.4) is 0 Å². The smallest absolute Gasteiger partial charge is 0.404 e. The van der Waals surface area contributed by atoms with Crippen molar-refractivity contribution in [3.63, 3.8) is 0 Å². The molecule has 0 radical (unpaired) electrons. The highest BCUT2D eigenvalue weighted by Crippen LogP contribution is 2.24. The first-order chi connectivity index (χ1) is 4.84. The SMILES string of the molecule is CC(C)(C)C(Br)CNC(=O)O. The highest BCUT2D eigenvalue weighted by molar-refractivity contribution is 9.09. The van der Waals surface area contributed by atoms with Crippen LogP contribution in [0.1, 0.15) is 20.8 Å². The minimum absolute atomic E-state index is 0.0858. The molecule has 0 bridgehead atoms. The Morgan fingerprint density at radius 1 is 1.64 bits per heavy atom. The van der Waals surface area contributed by atoms with Gasteiger partial charge in [0.15, 0.2) is 0 Å². The molecule has 0 spiro atoms. The molecule has 0 aliphatic rings. The molecule has 1 amide bonds. The zero-order valence-corrected chi connectivity index (χ0v) is 8.60. The largest absolute Gasteiger partial charge is 0.465 e. The van der Waals surface area contributed by atoms with Gasteiger partial charge in [0.25, 0.3) is 0 Å². The van der Waals surface area contributed by atoms with Crippen molar-refractivity contribution < 1.29 is 9.90 Å². The zero-order valence-electron chi connectivity index (χ0n) is 7.02. The van der Waals surface area contributed by atoms with Crippen LogP contribution in [0, 0.1) is 5.41 Å². The van der Waals surface area contributed by atoms with E-state index in [0.717, 1.165) is 0 Å². The summed E-state index contributed by atoms with van der Waals surface area (Å²) in [5, 5.41) is 10.6. The number of alkyl halides is 1. The lowest BCUT2D eigenvalue weighted by Gasteiger charge is -2.24. The highest BCUT2D eigenvalue weighted by atomic mass is 79.9. The van der Waals surface area contributed by atoms with Gasteiger partial charge in [-0.2, -0.15) is 0 Å². The van der Waals surface area contributed by atoms with E-state index in [-0.39, 0.29) is 10.2 Å². The lowest BCUT2D eigenvalue weighted by molar-refractivity contribution is 0.193. The van der Waals surface area contributed by atoms with Gasteiger partial charge in [0.2, 0.25) is 0 Å². The van der Waals surface area contributed by atoms with Crippen LogP contribution in [0.15, 0.2) is 0 Å². The molecule has 0 aromatic rings.